The Labute approximate surface area is 168 Å². The van der Waals surface area contributed by atoms with Crippen LogP contribution in [0.15, 0.2) is 38.0 Å². The molecule has 7 nitrogen and oxygen atoms in total. The van der Waals surface area contributed by atoms with Gasteiger partial charge in [0, 0.05) is 24.8 Å². The van der Waals surface area contributed by atoms with Gasteiger partial charge in [-0.15, -0.1) is 0 Å². The molecule has 0 aliphatic carbocycles. The molecule has 160 valence electrons. The van der Waals surface area contributed by atoms with Crippen molar-refractivity contribution < 1.29 is 33.3 Å². The molecular weight excluding hydrogens is 364 g/mol. The minimum atomic E-state index is -0.437. The molecule has 0 atom stereocenters. The summed E-state index contributed by atoms with van der Waals surface area (Å²) in [5.41, 5.74) is 0. The van der Waals surface area contributed by atoms with E-state index in [1.807, 2.05) is 0 Å². The van der Waals surface area contributed by atoms with Crippen molar-refractivity contribution in [1.82, 2.24) is 0 Å². The van der Waals surface area contributed by atoms with Crippen molar-refractivity contribution in [3.63, 3.8) is 0 Å². The first-order valence-corrected chi connectivity index (χ1v) is 9.47. The maximum absolute atomic E-state index is 10.6. The Balaban J connectivity index is 0. The molecule has 28 heavy (non-hydrogen) atoms. The van der Waals surface area contributed by atoms with Crippen molar-refractivity contribution in [2.75, 3.05) is 33.0 Å². The fraction of sp³-hybridized carbons (Fsp3) is 0.571. The predicted molar refractivity (Wildman–Crippen MR) is 108 cm³/mol. The second kappa shape index (κ2) is 22.6. The van der Waals surface area contributed by atoms with Crippen LogP contribution >= 0.6 is 0 Å². The van der Waals surface area contributed by atoms with Gasteiger partial charge in [-0.05, 0) is 19.3 Å². The molecule has 0 saturated heterocycles. The zero-order valence-corrected chi connectivity index (χ0v) is 17.0. The molecule has 0 rings (SSSR count). The molecule has 0 aromatic rings. The van der Waals surface area contributed by atoms with Gasteiger partial charge in [0.1, 0.15) is 6.61 Å². The summed E-state index contributed by atoms with van der Waals surface area (Å²) in [4.78, 5) is 31.7. The van der Waals surface area contributed by atoms with Crippen LogP contribution in [0, 0.1) is 0 Å². The van der Waals surface area contributed by atoms with Crippen molar-refractivity contribution >= 4 is 17.9 Å². The predicted octanol–water partition coefficient (Wildman–Crippen LogP) is 3.54. The zero-order chi connectivity index (χ0) is 21.5. The normalized spacial score (nSPS) is 9.32. The average molecular weight is 398 g/mol. The third-order valence-electron chi connectivity index (χ3n) is 3.14. The van der Waals surface area contributed by atoms with Gasteiger partial charge in [-0.1, -0.05) is 45.9 Å². The molecule has 0 aliphatic heterocycles. The number of rotatable bonds is 16. The van der Waals surface area contributed by atoms with Gasteiger partial charge in [-0.2, -0.15) is 0 Å². The molecule has 7 heteroatoms. The first-order chi connectivity index (χ1) is 13.5. The van der Waals surface area contributed by atoms with Crippen molar-refractivity contribution in [2.24, 2.45) is 0 Å². The number of unbranched alkanes of at least 4 members (excludes halogenated alkanes) is 4. The molecule has 0 unspecified atom stereocenters. The van der Waals surface area contributed by atoms with Gasteiger partial charge in [0.2, 0.25) is 0 Å². The average Bonchev–Trinajstić information content (AvgIpc) is 2.72. The highest BCUT2D eigenvalue weighted by Gasteiger charge is 1.97. The molecule has 0 amide bonds. The Morgan fingerprint density at radius 1 is 0.607 bits per heavy atom. The number of hydrogen-bond donors (Lipinski definition) is 0. The first kappa shape index (κ1) is 27.8. The highest BCUT2D eigenvalue weighted by molar-refractivity contribution is 5.81. The van der Waals surface area contributed by atoms with E-state index in [4.69, 9.17) is 18.9 Å². The second-order valence-electron chi connectivity index (χ2n) is 5.50. The van der Waals surface area contributed by atoms with E-state index in [0.717, 1.165) is 31.3 Å². The van der Waals surface area contributed by atoms with E-state index in [0.29, 0.717) is 39.3 Å². The van der Waals surface area contributed by atoms with E-state index in [1.54, 1.807) is 0 Å². The monoisotopic (exact) mass is 398 g/mol. The third-order valence-corrected chi connectivity index (χ3v) is 3.14. The summed E-state index contributed by atoms with van der Waals surface area (Å²) in [6, 6.07) is 0. The number of carbonyl (C=O) groups excluding carboxylic acids is 3. The molecular formula is C21H34O7. The molecule has 0 N–H and O–H groups in total. The van der Waals surface area contributed by atoms with Crippen LogP contribution in [0.5, 0.6) is 0 Å². The summed E-state index contributed by atoms with van der Waals surface area (Å²) in [5.74, 6) is -1.26. The van der Waals surface area contributed by atoms with E-state index >= 15 is 0 Å². The van der Waals surface area contributed by atoms with Crippen LogP contribution in [0.1, 0.15) is 45.4 Å². The molecule has 0 fully saturated rings. The molecule has 0 spiro atoms. The molecule has 0 bridgehead atoms. The van der Waals surface area contributed by atoms with Crippen LogP contribution in [0.3, 0.4) is 0 Å². The standard InChI is InChI=1S/C11H20O3.C10H14O4/c1-3-5-6-7-8-13-9-10-14-11(12)4-2;1-3-9(11)13-7-5-6-8-14-10(12)4-2/h4H,2-3,5-10H2,1H3;3-4H,1-2,5-8H2. The van der Waals surface area contributed by atoms with E-state index in [9.17, 15) is 14.4 Å². The third kappa shape index (κ3) is 23.6. The van der Waals surface area contributed by atoms with Crippen molar-refractivity contribution in [2.45, 2.75) is 45.4 Å². The lowest BCUT2D eigenvalue weighted by Crippen LogP contribution is -2.08. The van der Waals surface area contributed by atoms with Gasteiger partial charge in [0.05, 0.1) is 19.8 Å². The zero-order valence-electron chi connectivity index (χ0n) is 17.0. The summed E-state index contributed by atoms with van der Waals surface area (Å²) >= 11 is 0. The molecule has 0 radical (unpaired) electrons. The van der Waals surface area contributed by atoms with Gasteiger partial charge < -0.3 is 18.9 Å². The summed E-state index contributed by atoms with van der Waals surface area (Å²) < 4.78 is 19.4. The summed E-state index contributed by atoms with van der Waals surface area (Å²) in [7, 11) is 0. The summed E-state index contributed by atoms with van der Waals surface area (Å²) in [6.45, 7) is 14.2. The largest absolute Gasteiger partial charge is 0.463 e. The van der Waals surface area contributed by atoms with Gasteiger partial charge in [-0.3, -0.25) is 0 Å². The van der Waals surface area contributed by atoms with E-state index in [2.05, 4.69) is 26.7 Å². The molecule has 0 saturated carbocycles. The van der Waals surface area contributed by atoms with Crippen molar-refractivity contribution in [3.05, 3.63) is 38.0 Å². The fourth-order valence-corrected chi connectivity index (χ4v) is 1.66. The maximum Gasteiger partial charge on any atom is 0.330 e. The quantitative estimate of drug-likeness (QED) is 0.170. The highest BCUT2D eigenvalue weighted by Crippen LogP contribution is 1.98. The lowest BCUT2D eigenvalue weighted by atomic mass is 10.2. The smallest absolute Gasteiger partial charge is 0.330 e. The highest BCUT2D eigenvalue weighted by atomic mass is 16.6. The molecule has 0 heterocycles. The summed E-state index contributed by atoms with van der Waals surface area (Å²) in [5, 5.41) is 0. The number of esters is 3. The maximum atomic E-state index is 10.6. The van der Waals surface area contributed by atoms with E-state index in [-0.39, 0.29) is 5.97 Å². The van der Waals surface area contributed by atoms with Crippen LogP contribution < -0.4 is 0 Å². The Bertz CT molecular complexity index is 434. The Hall–Kier alpha value is -2.41. The Morgan fingerprint density at radius 2 is 1.04 bits per heavy atom. The van der Waals surface area contributed by atoms with E-state index in [1.165, 1.54) is 19.3 Å². The Kier molecular flexibility index (Phi) is 22.5. The molecule has 0 aliphatic rings. The lowest BCUT2D eigenvalue weighted by molar-refractivity contribution is -0.140. The topological polar surface area (TPSA) is 88.1 Å². The number of hydrogen-bond acceptors (Lipinski definition) is 7. The molecule has 0 aromatic carbocycles. The second-order valence-corrected chi connectivity index (χ2v) is 5.50. The van der Waals surface area contributed by atoms with Crippen molar-refractivity contribution in [1.29, 1.82) is 0 Å². The molecule has 0 aromatic heterocycles. The van der Waals surface area contributed by atoms with Crippen LogP contribution in [-0.2, 0) is 33.3 Å². The number of carbonyl (C=O) groups is 3. The van der Waals surface area contributed by atoms with Crippen LogP contribution in [0.2, 0.25) is 0 Å². The first-order valence-electron chi connectivity index (χ1n) is 9.47. The van der Waals surface area contributed by atoms with E-state index < -0.39 is 11.9 Å². The van der Waals surface area contributed by atoms with Crippen LogP contribution in [0.25, 0.3) is 0 Å². The lowest BCUT2D eigenvalue weighted by Gasteiger charge is -2.03. The number of ether oxygens (including phenoxy) is 4. The van der Waals surface area contributed by atoms with Crippen LogP contribution in [-0.4, -0.2) is 50.9 Å². The van der Waals surface area contributed by atoms with Crippen LogP contribution in [0.4, 0.5) is 0 Å². The van der Waals surface area contributed by atoms with Gasteiger partial charge >= 0.3 is 17.9 Å². The van der Waals surface area contributed by atoms with Crippen molar-refractivity contribution in [3.8, 4) is 0 Å². The van der Waals surface area contributed by atoms with Gasteiger partial charge in [0.25, 0.3) is 0 Å². The fourth-order valence-electron chi connectivity index (χ4n) is 1.66. The minimum absolute atomic E-state index is 0.316. The minimum Gasteiger partial charge on any atom is -0.463 e. The van der Waals surface area contributed by atoms with Gasteiger partial charge in [-0.25, -0.2) is 14.4 Å². The SMILES string of the molecule is C=CC(=O)OCCCCOC(=O)C=C.C=CC(=O)OCCOCCCCCC. The Morgan fingerprint density at radius 3 is 1.46 bits per heavy atom. The van der Waals surface area contributed by atoms with Gasteiger partial charge in [0.15, 0.2) is 0 Å². The summed E-state index contributed by atoms with van der Waals surface area (Å²) in [6.07, 6.45) is 9.47.